The zero-order chi connectivity index (χ0) is 16.8. The number of urea groups is 1. The van der Waals surface area contributed by atoms with Crippen molar-refractivity contribution in [1.82, 2.24) is 10.6 Å². The van der Waals surface area contributed by atoms with Crippen LogP contribution in [-0.2, 0) is 14.4 Å². The summed E-state index contributed by atoms with van der Waals surface area (Å²) in [7, 11) is 0. The molecule has 0 bridgehead atoms. The smallest absolute Gasteiger partial charge is 0.300 e. The summed E-state index contributed by atoms with van der Waals surface area (Å²) < 4.78 is 0. The maximum absolute atomic E-state index is 12.2. The van der Waals surface area contributed by atoms with Crippen molar-refractivity contribution in [1.29, 1.82) is 0 Å². The Morgan fingerprint density at radius 1 is 1.09 bits per heavy atom. The number of nitrogens with one attached hydrogen (secondary N) is 2. The van der Waals surface area contributed by atoms with Gasteiger partial charge in [-0.3, -0.25) is 25.0 Å². The molecule has 0 spiro atoms. The van der Waals surface area contributed by atoms with Crippen LogP contribution in [0.15, 0.2) is 30.3 Å². The molecule has 6 heteroatoms. The summed E-state index contributed by atoms with van der Waals surface area (Å²) in [5, 5.41) is 4.21. The number of carbonyl (C=O) groups excluding carboxylic acids is 4. The molecule has 0 aromatic heterocycles. The van der Waals surface area contributed by atoms with E-state index >= 15 is 0 Å². The van der Waals surface area contributed by atoms with Gasteiger partial charge in [0.1, 0.15) is 11.7 Å². The molecule has 0 radical (unpaired) electrons. The fourth-order valence-electron chi connectivity index (χ4n) is 2.74. The summed E-state index contributed by atoms with van der Waals surface area (Å²) in [6.07, 6.45) is 2.21. The van der Waals surface area contributed by atoms with Crippen LogP contribution in [0.4, 0.5) is 4.79 Å². The van der Waals surface area contributed by atoms with E-state index in [2.05, 4.69) is 10.6 Å². The number of ketones is 1. The molecule has 1 aromatic rings. The Morgan fingerprint density at radius 3 is 2.26 bits per heavy atom. The van der Waals surface area contributed by atoms with Gasteiger partial charge in [-0.25, -0.2) is 4.79 Å². The Morgan fingerprint density at radius 2 is 1.70 bits per heavy atom. The van der Waals surface area contributed by atoms with Crippen molar-refractivity contribution in [2.24, 2.45) is 5.92 Å². The number of Topliss-reactive ketones (excluding diaryl/α,β-unsaturated/α-hetero) is 1. The third-order valence-corrected chi connectivity index (χ3v) is 3.93. The lowest BCUT2D eigenvalue weighted by atomic mass is 9.80. The molecule has 0 saturated carbocycles. The van der Waals surface area contributed by atoms with Gasteiger partial charge in [0.2, 0.25) is 11.8 Å². The molecule has 1 saturated heterocycles. The van der Waals surface area contributed by atoms with E-state index in [1.165, 1.54) is 0 Å². The van der Waals surface area contributed by atoms with Crippen molar-refractivity contribution in [2.45, 2.75) is 38.5 Å². The number of carbonyl (C=O) groups is 4. The zero-order valence-corrected chi connectivity index (χ0v) is 13.0. The Balaban J connectivity index is 2.26. The number of rotatable bonds is 7. The molecule has 122 valence electrons. The molecule has 4 amide bonds. The minimum Gasteiger partial charge on any atom is -0.300 e. The summed E-state index contributed by atoms with van der Waals surface area (Å²) in [5.74, 6) is -2.96. The van der Waals surface area contributed by atoms with Crippen molar-refractivity contribution in [3.63, 3.8) is 0 Å². The first-order chi connectivity index (χ1) is 11.0. The Bertz CT molecular complexity index is 592. The fourth-order valence-corrected chi connectivity index (χ4v) is 2.74. The van der Waals surface area contributed by atoms with Gasteiger partial charge in [-0.05, 0) is 12.0 Å². The standard InChI is InChI=1S/C17H20N2O4/c1-2-3-9-12(20)10-13(11-7-5-4-6-8-11)14-15(21)18-17(23)19-16(14)22/h4-8,13-14H,2-3,9-10H2,1H3,(H2,18,19,21,22,23)/t13-/m1/s1. The van der Waals surface area contributed by atoms with E-state index < -0.39 is 29.7 Å². The van der Waals surface area contributed by atoms with Crippen LogP contribution in [0.2, 0.25) is 0 Å². The van der Waals surface area contributed by atoms with Crippen LogP contribution < -0.4 is 10.6 Å². The second kappa shape index (κ2) is 7.67. The molecular formula is C17H20N2O4. The van der Waals surface area contributed by atoms with E-state index in [1.807, 2.05) is 13.0 Å². The lowest BCUT2D eigenvalue weighted by Crippen LogP contribution is -2.57. The predicted octanol–water partition coefficient (Wildman–Crippen LogP) is 1.90. The average Bonchev–Trinajstić information content (AvgIpc) is 2.52. The third-order valence-electron chi connectivity index (χ3n) is 3.93. The molecular weight excluding hydrogens is 296 g/mol. The van der Waals surface area contributed by atoms with Gasteiger partial charge in [-0.2, -0.15) is 0 Å². The van der Waals surface area contributed by atoms with Crippen LogP contribution in [0.1, 0.15) is 44.1 Å². The molecule has 2 N–H and O–H groups in total. The second-order valence-corrected chi connectivity index (χ2v) is 5.65. The summed E-state index contributed by atoms with van der Waals surface area (Å²) in [5.41, 5.74) is 0.738. The highest BCUT2D eigenvalue weighted by Gasteiger charge is 2.41. The molecule has 1 aliphatic rings. The Kier molecular flexibility index (Phi) is 5.62. The van der Waals surface area contributed by atoms with Gasteiger partial charge in [-0.15, -0.1) is 0 Å². The number of hydrogen-bond acceptors (Lipinski definition) is 4. The number of unbranched alkanes of at least 4 members (excludes halogenated alkanes) is 1. The maximum atomic E-state index is 12.2. The van der Waals surface area contributed by atoms with E-state index in [0.29, 0.717) is 6.42 Å². The maximum Gasteiger partial charge on any atom is 0.328 e. The van der Waals surface area contributed by atoms with Crippen LogP contribution in [0.25, 0.3) is 0 Å². The van der Waals surface area contributed by atoms with Crippen molar-refractivity contribution >= 4 is 23.6 Å². The van der Waals surface area contributed by atoms with Crippen molar-refractivity contribution in [2.75, 3.05) is 0 Å². The van der Waals surface area contributed by atoms with Crippen LogP contribution in [0, 0.1) is 5.92 Å². The highest BCUT2D eigenvalue weighted by atomic mass is 16.2. The quantitative estimate of drug-likeness (QED) is 0.751. The van der Waals surface area contributed by atoms with Crippen LogP contribution in [-0.4, -0.2) is 23.6 Å². The normalized spacial score (nSPS) is 16.7. The number of barbiturate groups is 1. The largest absolute Gasteiger partial charge is 0.328 e. The molecule has 1 aromatic carbocycles. The first-order valence-electron chi connectivity index (χ1n) is 7.75. The molecule has 1 heterocycles. The summed E-state index contributed by atoms with van der Waals surface area (Å²) in [6, 6.07) is 8.17. The highest BCUT2D eigenvalue weighted by molar-refractivity contribution is 6.16. The van der Waals surface area contributed by atoms with Crippen LogP contribution >= 0.6 is 0 Å². The van der Waals surface area contributed by atoms with Gasteiger partial charge in [0.05, 0.1) is 0 Å². The van der Waals surface area contributed by atoms with Gasteiger partial charge in [0.25, 0.3) is 0 Å². The summed E-state index contributed by atoms with van der Waals surface area (Å²) in [4.78, 5) is 47.6. The minimum absolute atomic E-state index is 0.0122. The number of amides is 4. The minimum atomic E-state index is -1.08. The molecule has 1 atom stereocenters. The SMILES string of the molecule is CCCCC(=O)C[C@H](c1ccccc1)C1C(=O)NC(=O)NC1=O. The average molecular weight is 316 g/mol. The lowest BCUT2D eigenvalue weighted by Gasteiger charge is -2.28. The van der Waals surface area contributed by atoms with Gasteiger partial charge in [0.15, 0.2) is 0 Å². The number of benzene rings is 1. The third kappa shape index (κ3) is 4.25. The van der Waals surface area contributed by atoms with E-state index in [1.54, 1.807) is 24.3 Å². The van der Waals surface area contributed by atoms with E-state index in [0.717, 1.165) is 18.4 Å². The Hall–Kier alpha value is -2.50. The van der Waals surface area contributed by atoms with E-state index in [4.69, 9.17) is 0 Å². The van der Waals surface area contributed by atoms with Gasteiger partial charge in [0, 0.05) is 18.8 Å². The molecule has 2 rings (SSSR count). The van der Waals surface area contributed by atoms with E-state index in [9.17, 15) is 19.2 Å². The molecule has 1 fully saturated rings. The molecule has 6 nitrogen and oxygen atoms in total. The van der Waals surface area contributed by atoms with Crippen LogP contribution in [0.5, 0.6) is 0 Å². The molecule has 23 heavy (non-hydrogen) atoms. The van der Waals surface area contributed by atoms with Gasteiger partial charge < -0.3 is 0 Å². The predicted molar refractivity (Wildman–Crippen MR) is 83.5 cm³/mol. The summed E-state index contributed by atoms with van der Waals surface area (Å²) >= 11 is 0. The first-order valence-corrected chi connectivity index (χ1v) is 7.75. The van der Waals surface area contributed by atoms with Gasteiger partial charge in [-0.1, -0.05) is 43.7 Å². The van der Waals surface area contributed by atoms with Gasteiger partial charge >= 0.3 is 6.03 Å². The zero-order valence-electron chi connectivity index (χ0n) is 13.0. The molecule has 0 aliphatic carbocycles. The molecule has 0 unspecified atom stereocenters. The lowest BCUT2D eigenvalue weighted by molar-refractivity contribution is -0.137. The van der Waals surface area contributed by atoms with Crippen LogP contribution in [0.3, 0.4) is 0 Å². The highest BCUT2D eigenvalue weighted by Crippen LogP contribution is 2.30. The number of imide groups is 2. The first kappa shape index (κ1) is 16.9. The summed E-state index contributed by atoms with van der Waals surface area (Å²) in [6.45, 7) is 2.00. The monoisotopic (exact) mass is 316 g/mol. The topological polar surface area (TPSA) is 92.3 Å². The molecule has 1 aliphatic heterocycles. The fraction of sp³-hybridized carbons (Fsp3) is 0.412. The van der Waals surface area contributed by atoms with Crippen molar-refractivity contribution < 1.29 is 19.2 Å². The Labute approximate surface area is 134 Å². The van der Waals surface area contributed by atoms with Crippen molar-refractivity contribution in [3.05, 3.63) is 35.9 Å². The van der Waals surface area contributed by atoms with E-state index in [-0.39, 0.29) is 12.2 Å². The second-order valence-electron chi connectivity index (χ2n) is 5.65. The van der Waals surface area contributed by atoms with Crippen molar-refractivity contribution in [3.8, 4) is 0 Å². The number of hydrogen-bond donors (Lipinski definition) is 2.